The van der Waals surface area contributed by atoms with Crippen molar-refractivity contribution in [2.45, 2.75) is 31.7 Å². The van der Waals surface area contributed by atoms with Gasteiger partial charge in [-0.1, -0.05) is 28.1 Å². The minimum absolute atomic E-state index is 0.0574. The van der Waals surface area contributed by atoms with Crippen LogP contribution >= 0.6 is 15.9 Å². The Morgan fingerprint density at radius 1 is 1.10 bits per heavy atom. The molecule has 154 valence electrons. The minimum atomic E-state index is -4.84. The summed E-state index contributed by atoms with van der Waals surface area (Å²) in [5, 5.41) is 9.80. The number of carboxylic acids is 1. The van der Waals surface area contributed by atoms with Crippen molar-refractivity contribution in [2.24, 2.45) is 5.92 Å². The highest BCUT2D eigenvalue weighted by atomic mass is 79.9. The van der Waals surface area contributed by atoms with Crippen LogP contribution in [0.15, 0.2) is 53.0 Å². The van der Waals surface area contributed by atoms with Crippen molar-refractivity contribution in [2.75, 3.05) is 4.90 Å². The summed E-state index contributed by atoms with van der Waals surface area (Å²) in [6.45, 7) is 0. The number of aliphatic carboxylic acids is 1. The lowest BCUT2D eigenvalue weighted by Crippen LogP contribution is -2.47. The molecule has 3 rings (SSSR count). The van der Waals surface area contributed by atoms with Crippen molar-refractivity contribution in [3.8, 4) is 5.75 Å². The number of nitrogens with zero attached hydrogens (tertiary/aromatic N) is 1. The van der Waals surface area contributed by atoms with Crippen LogP contribution in [0.25, 0.3) is 0 Å². The summed E-state index contributed by atoms with van der Waals surface area (Å²) in [7, 11) is 0. The molecular formula is C20H17BrF3NO4. The van der Waals surface area contributed by atoms with Crippen molar-refractivity contribution in [3.05, 3.63) is 58.6 Å². The number of ether oxygens (including phenoxy) is 1. The number of carbonyl (C=O) groups is 2. The maximum Gasteiger partial charge on any atom is 0.573 e. The first-order valence-corrected chi connectivity index (χ1v) is 9.59. The predicted octanol–water partition coefficient (Wildman–Crippen LogP) is 4.79. The van der Waals surface area contributed by atoms with E-state index in [2.05, 4.69) is 20.7 Å². The highest BCUT2D eigenvalue weighted by Gasteiger charge is 2.40. The van der Waals surface area contributed by atoms with Crippen LogP contribution in [-0.2, 0) is 16.0 Å². The molecule has 2 aromatic rings. The molecule has 1 aliphatic rings. The molecule has 2 aromatic carbocycles. The Bertz CT molecular complexity index is 880. The fourth-order valence-corrected chi connectivity index (χ4v) is 3.19. The maximum absolute atomic E-state index is 12.9. The van der Waals surface area contributed by atoms with E-state index in [4.69, 9.17) is 0 Å². The van der Waals surface area contributed by atoms with Gasteiger partial charge in [-0.3, -0.25) is 9.69 Å². The first-order valence-electron chi connectivity index (χ1n) is 8.80. The molecule has 1 aliphatic carbocycles. The van der Waals surface area contributed by atoms with Gasteiger partial charge in [-0.05, 0) is 54.8 Å². The molecule has 1 saturated carbocycles. The second-order valence-electron chi connectivity index (χ2n) is 6.71. The van der Waals surface area contributed by atoms with Crippen molar-refractivity contribution < 1.29 is 32.6 Å². The molecule has 1 fully saturated rings. The van der Waals surface area contributed by atoms with E-state index in [0.717, 1.165) is 16.6 Å². The number of halogens is 4. The second-order valence-corrected chi connectivity index (χ2v) is 7.62. The van der Waals surface area contributed by atoms with E-state index < -0.39 is 24.1 Å². The minimum Gasteiger partial charge on any atom is -0.480 e. The zero-order valence-corrected chi connectivity index (χ0v) is 16.6. The number of alkyl halides is 3. The number of hydrogen-bond donors (Lipinski definition) is 1. The Hall–Kier alpha value is -2.55. The van der Waals surface area contributed by atoms with Gasteiger partial charge in [-0.2, -0.15) is 0 Å². The Morgan fingerprint density at radius 3 is 2.17 bits per heavy atom. The summed E-state index contributed by atoms with van der Waals surface area (Å²) >= 11 is 3.31. The van der Waals surface area contributed by atoms with Gasteiger partial charge in [-0.25, -0.2) is 4.79 Å². The fraction of sp³-hybridized carbons (Fsp3) is 0.300. The monoisotopic (exact) mass is 471 g/mol. The SMILES string of the molecule is O=C(O)[C@H](Cc1ccc(Br)cc1)N(C(=O)C1CC1)c1ccc(OC(F)(F)F)cc1. The first kappa shape index (κ1) is 21.2. The van der Waals surface area contributed by atoms with Gasteiger partial charge in [-0.15, -0.1) is 13.2 Å². The Labute approximate surface area is 173 Å². The number of hydrogen-bond acceptors (Lipinski definition) is 3. The summed E-state index contributed by atoms with van der Waals surface area (Å²) in [5.74, 6) is -2.26. The van der Waals surface area contributed by atoms with E-state index in [9.17, 15) is 27.9 Å². The molecule has 0 spiro atoms. The van der Waals surface area contributed by atoms with E-state index in [1.165, 1.54) is 17.0 Å². The van der Waals surface area contributed by atoms with Gasteiger partial charge < -0.3 is 9.84 Å². The molecule has 9 heteroatoms. The third-order valence-corrected chi connectivity index (χ3v) is 4.98. The van der Waals surface area contributed by atoms with Gasteiger partial charge in [0.1, 0.15) is 11.8 Å². The normalized spacial score (nSPS) is 14.9. The molecule has 0 saturated heterocycles. The molecule has 0 aliphatic heterocycles. The van der Waals surface area contributed by atoms with Crippen LogP contribution in [0.4, 0.5) is 18.9 Å². The summed E-state index contributed by atoms with van der Waals surface area (Å²) in [6, 6.07) is 10.5. The molecule has 1 N–H and O–H groups in total. The summed E-state index contributed by atoms with van der Waals surface area (Å²) in [5.41, 5.74) is 0.923. The number of anilines is 1. The van der Waals surface area contributed by atoms with E-state index in [0.29, 0.717) is 18.4 Å². The van der Waals surface area contributed by atoms with Gasteiger partial charge in [0.2, 0.25) is 5.91 Å². The highest BCUT2D eigenvalue weighted by Crippen LogP contribution is 2.35. The van der Waals surface area contributed by atoms with Gasteiger partial charge in [0.25, 0.3) is 0 Å². The van der Waals surface area contributed by atoms with Gasteiger partial charge in [0, 0.05) is 22.5 Å². The first-order chi connectivity index (χ1) is 13.6. The summed E-state index contributed by atoms with van der Waals surface area (Å²) < 4.78 is 41.8. The van der Waals surface area contributed by atoms with Crippen LogP contribution in [0.3, 0.4) is 0 Å². The molecule has 1 amide bonds. The van der Waals surface area contributed by atoms with Crippen molar-refractivity contribution in [1.29, 1.82) is 0 Å². The number of rotatable bonds is 7. The van der Waals surface area contributed by atoms with Gasteiger partial charge in [0.05, 0.1) is 0 Å². The third-order valence-electron chi connectivity index (χ3n) is 4.45. The third kappa shape index (κ3) is 5.72. The van der Waals surface area contributed by atoms with E-state index in [1.54, 1.807) is 24.3 Å². The van der Waals surface area contributed by atoms with Crippen LogP contribution in [0, 0.1) is 5.92 Å². The van der Waals surface area contributed by atoms with Crippen LogP contribution in [0.5, 0.6) is 5.75 Å². The fourth-order valence-electron chi connectivity index (χ4n) is 2.93. The highest BCUT2D eigenvalue weighted by molar-refractivity contribution is 9.10. The van der Waals surface area contributed by atoms with Crippen molar-refractivity contribution in [3.63, 3.8) is 0 Å². The lowest BCUT2D eigenvalue weighted by molar-refractivity contribution is -0.274. The smallest absolute Gasteiger partial charge is 0.480 e. The van der Waals surface area contributed by atoms with Gasteiger partial charge in [0.15, 0.2) is 0 Å². The number of benzene rings is 2. The van der Waals surface area contributed by atoms with Crippen LogP contribution in [0.2, 0.25) is 0 Å². The molecule has 29 heavy (non-hydrogen) atoms. The van der Waals surface area contributed by atoms with E-state index in [-0.39, 0.29) is 23.9 Å². The number of carbonyl (C=O) groups excluding carboxylic acids is 1. The van der Waals surface area contributed by atoms with E-state index >= 15 is 0 Å². The Balaban J connectivity index is 1.91. The Kier molecular flexibility index (Phi) is 6.16. The molecule has 0 heterocycles. The largest absolute Gasteiger partial charge is 0.573 e. The molecule has 5 nitrogen and oxygen atoms in total. The van der Waals surface area contributed by atoms with Crippen LogP contribution < -0.4 is 9.64 Å². The quantitative estimate of drug-likeness (QED) is 0.630. The maximum atomic E-state index is 12.9. The average molecular weight is 472 g/mol. The number of carboxylic acid groups (broad SMARTS) is 1. The Morgan fingerprint density at radius 2 is 1.69 bits per heavy atom. The van der Waals surface area contributed by atoms with Crippen molar-refractivity contribution >= 4 is 33.5 Å². The topological polar surface area (TPSA) is 66.8 Å². The van der Waals surface area contributed by atoms with Crippen molar-refractivity contribution in [1.82, 2.24) is 0 Å². The molecule has 0 radical (unpaired) electrons. The summed E-state index contributed by atoms with van der Waals surface area (Å²) in [6.07, 6.45) is -3.46. The molecule has 1 atom stereocenters. The molecular weight excluding hydrogens is 455 g/mol. The lowest BCUT2D eigenvalue weighted by atomic mass is 10.0. The molecule has 0 bridgehead atoms. The zero-order chi connectivity index (χ0) is 21.2. The standard InChI is InChI=1S/C20H17BrF3NO4/c21-14-5-1-12(2-6-14)11-17(19(27)28)25(18(26)13-3-4-13)15-7-9-16(10-8-15)29-20(22,23)24/h1-2,5-10,13,17H,3-4,11H2,(H,27,28)/t17-/m0/s1. The van der Waals surface area contributed by atoms with Crippen LogP contribution in [0.1, 0.15) is 18.4 Å². The predicted molar refractivity (Wildman–Crippen MR) is 103 cm³/mol. The molecule has 0 unspecified atom stereocenters. The molecule has 0 aromatic heterocycles. The average Bonchev–Trinajstić information content (AvgIpc) is 3.48. The lowest BCUT2D eigenvalue weighted by Gasteiger charge is -2.29. The van der Waals surface area contributed by atoms with Gasteiger partial charge >= 0.3 is 12.3 Å². The second kappa shape index (κ2) is 8.44. The summed E-state index contributed by atoms with van der Waals surface area (Å²) in [4.78, 5) is 26.0. The van der Waals surface area contributed by atoms with Crippen LogP contribution in [-0.4, -0.2) is 29.4 Å². The number of amides is 1. The van der Waals surface area contributed by atoms with E-state index in [1.807, 2.05) is 0 Å². The zero-order valence-electron chi connectivity index (χ0n) is 15.0.